The van der Waals surface area contributed by atoms with Gasteiger partial charge in [0.1, 0.15) is 5.75 Å². The molecule has 0 aliphatic carbocycles. The Hall–Kier alpha value is -0.450. The largest absolute Gasteiger partial charge is 0.492 e. The quantitative estimate of drug-likeness (QED) is 0.144. The van der Waals surface area contributed by atoms with Crippen molar-refractivity contribution >= 4 is 21.2 Å². The zero-order valence-electron chi connectivity index (χ0n) is 17.5. The molecule has 3 heteroatoms. The highest BCUT2D eigenvalue weighted by atomic mass is 127. The van der Waals surface area contributed by atoms with Gasteiger partial charge in [0, 0.05) is 0 Å². The Morgan fingerprint density at radius 2 is 1.11 bits per heavy atom. The van der Waals surface area contributed by atoms with Crippen molar-refractivity contribution in [3.63, 3.8) is 0 Å². The molecular weight excluding hydrogens is 447 g/mol. The predicted molar refractivity (Wildman–Crippen MR) is 125 cm³/mol. The van der Waals surface area contributed by atoms with E-state index in [-0.39, 0.29) is 0 Å². The summed E-state index contributed by atoms with van der Waals surface area (Å²) in [5.74, 6) is 0.821. The standard InChI is InChI=1S/C24H41IO2/c1-2-3-4-5-6-7-8-9-10-11-12-13-14-15-16-19-22-27-24-21-18-17-20-23(24)25-26/h17-18,20-21H,2-16,19,22H2,1H3. The molecule has 0 unspecified atom stereocenters. The van der Waals surface area contributed by atoms with E-state index in [1.807, 2.05) is 24.3 Å². The summed E-state index contributed by atoms with van der Waals surface area (Å²) >= 11 is -1.13. The first-order chi connectivity index (χ1) is 13.4. The first-order valence-corrected chi connectivity index (χ1v) is 13.3. The average molecular weight is 488 g/mol. The van der Waals surface area contributed by atoms with Crippen molar-refractivity contribution in [2.24, 2.45) is 0 Å². The summed E-state index contributed by atoms with van der Waals surface area (Å²) in [4.78, 5) is 0. The Balaban J connectivity index is 1.78. The van der Waals surface area contributed by atoms with E-state index in [0.29, 0.717) is 0 Å². The molecule has 0 bridgehead atoms. The summed E-state index contributed by atoms with van der Waals surface area (Å²) in [6.07, 6.45) is 22.1. The number of hydrogen-bond acceptors (Lipinski definition) is 2. The third kappa shape index (κ3) is 14.2. The second-order valence-electron chi connectivity index (χ2n) is 7.66. The van der Waals surface area contributed by atoms with Gasteiger partial charge in [0.2, 0.25) is 0 Å². The molecule has 1 aromatic rings. The first kappa shape index (κ1) is 24.6. The monoisotopic (exact) mass is 488 g/mol. The number of para-hydroxylation sites is 1. The van der Waals surface area contributed by atoms with Gasteiger partial charge in [0.25, 0.3) is 0 Å². The van der Waals surface area contributed by atoms with E-state index in [1.165, 1.54) is 96.3 Å². The molecule has 156 valence electrons. The minimum absolute atomic E-state index is 0.749. The molecule has 0 amide bonds. The molecule has 0 spiro atoms. The van der Waals surface area contributed by atoms with Gasteiger partial charge in [0.15, 0.2) is 21.2 Å². The average Bonchev–Trinajstić information content (AvgIpc) is 2.70. The number of hydrogen-bond donors (Lipinski definition) is 0. The first-order valence-electron chi connectivity index (χ1n) is 11.4. The number of rotatable bonds is 19. The second kappa shape index (κ2) is 18.9. The molecule has 0 fully saturated rings. The van der Waals surface area contributed by atoms with E-state index in [9.17, 15) is 3.07 Å². The van der Waals surface area contributed by atoms with Gasteiger partial charge >= 0.3 is 0 Å². The van der Waals surface area contributed by atoms with Gasteiger partial charge < -0.3 is 4.74 Å². The van der Waals surface area contributed by atoms with Crippen molar-refractivity contribution in [2.45, 2.75) is 110 Å². The molecule has 0 saturated carbocycles. The van der Waals surface area contributed by atoms with Crippen LogP contribution in [0.5, 0.6) is 5.75 Å². The van der Waals surface area contributed by atoms with Crippen LogP contribution in [0.1, 0.15) is 110 Å². The van der Waals surface area contributed by atoms with Crippen LogP contribution >= 0.6 is 21.2 Å². The molecular formula is C24H41IO2. The van der Waals surface area contributed by atoms with E-state index in [1.54, 1.807) is 0 Å². The number of unbranched alkanes of at least 4 members (excludes halogenated alkanes) is 15. The van der Waals surface area contributed by atoms with Crippen LogP contribution in [0.2, 0.25) is 0 Å². The second-order valence-corrected chi connectivity index (χ2v) is 9.26. The molecule has 0 aliphatic heterocycles. The Bertz CT molecular complexity index is 461. The molecule has 0 saturated heterocycles. The van der Waals surface area contributed by atoms with Gasteiger partial charge in [-0.25, -0.2) is 0 Å². The molecule has 1 aromatic carbocycles. The summed E-state index contributed by atoms with van der Waals surface area (Å²) in [5.41, 5.74) is 0. The fourth-order valence-corrected chi connectivity index (χ4v) is 4.36. The highest BCUT2D eigenvalue weighted by Gasteiger charge is 2.01. The van der Waals surface area contributed by atoms with Gasteiger partial charge in [-0.3, -0.25) is 3.07 Å². The Morgan fingerprint density at radius 1 is 0.667 bits per heavy atom. The van der Waals surface area contributed by atoms with Gasteiger partial charge in [-0.1, -0.05) is 115 Å². The van der Waals surface area contributed by atoms with Crippen LogP contribution in [0.3, 0.4) is 0 Å². The number of benzene rings is 1. The van der Waals surface area contributed by atoms with Gasteiger partial charge in [-0.05, 0) is 18.6 Å². The van der Waals surface area contributed by atoms with Crippen LogP contribution < -0.4 is 4.74 Å². The summed E-state index contributed by atoms with van der Waals surface area (Å²) in [6, 6.07) is 7.71. The molecule has 27 heavy (non-hydrogen) atoms. The Labute approximate surface area is 178 Å². The molecule has 0 N–H and O–H groups in total. The third-order valence-corrected chi connectivity index (χ3v) is 6.54. The lowest BCUT2D eigenvalue weighted by molar-refractivity contribution is 0.302. The van der Waals surface area contributed by atoms with Crippen LogP contribution in [0, 0.1) is 3.57 Å². The molecule has 2 nitrogen and oxygen atoms in total. The fourth-order valence-electron chi connectivity index (χ4n) is 3.46. The van der Waals surface area contributed by atoms with Crippen LogP contribution in [0.4, 0.5) is 0 Å². The van der Waals surface area contributed by atoms with E-state index >= 15 is 0 Å². The summed E-state index contributed by atoms with van der Waals surface area (Å²) in [6.45, 7) is 3.03. The summed E-state index contributed by atoms with van der Waals surface area (Å²) < 4.78 is 17.8. The maximum absolute atomic E-state index is 11.2. The van der Waals surface area contributed by atoms with Gasteiger partial charge in [0.05, 0.1) is 10.2 Å². The van der Waals surface area contributed by atoms with E-state index < -0.39 is 21.2 Å². The van der Waals surface area contributed by atoms with E-state index in [4.69, 9.17) is 4.74 Å². The highest BCUT2D eigenvalue weighted by Crippen LogP contribution is 2.23. The number of halogens is 1. The smallest absolute Gasteiger partial charge is 0.185 e. The zero-order chi connectivity index (χ0) is 19.4. The maximum atomic E-state index is 11.2. The topological polar surface area (TPSA) is 26.3 Å². The maximum Gasteiger partial charge on any atom is 0.185 e. The fraction of sp³-hybridized carbons (Fsp3) is 0.750. The van der Waals surface area contributed by atoms with Crippen molar-refractivity contribution in [3.8, 4) is 5.75 Å². The van der Waals surface area contributed by atoms with Crippen LogP contribution in [-0.2, 0) is 3.07 Å². The van der Waals surface area contributed by atoms with Crippen molar-refractivity contribution in [1.82, 2.24) is 0 Å². The third-order valence-electron chi connectivity index (χ3n) is 5.18. The van der Waals surface area contributed by atoms with Crippen molar-refractivity contribution in [2.75, 3.05) is 6.61 Å². The van der Waals surface area contributed by atoms with Crippen LogP contribution in [0.25, 0.3) is 0 Å². The van der Waals surface area contributed by atoms with Crippen molar-refractivity contribution in [1.29, 1.82) is 0 Å². The Kier molecular flexibility index (Phi) is 17.2. The lowest BCUT2D eigenvalue weighted by atomic mass is 10.0. The normalized spacial score (nSPS) is 11.0. The predicted octanol–water partition coefficient (Wildman–Crippen LogP) is 8.81. The summed E-state index contributed by atoms with van der Waals surface area (Å²) in [5, 5.41) is 0. The minimum atomic E-state index is -1.13. The van der Waals surface area contributed by atoms with Gasteiger partial charge in [-0.2, -0.15) is 0 Å². The minimum Gasteiger partial charge on any atom is -0.492 e. The van der Waals surface area contributed by atoms with Crippen molar-refractivity contribution < 1.29 is 7.81 Å². The molecule has 0 heterocycles. The number of ether oxygens (including phenoxy) is 1. The van der Waals surface area contributed by atoms with Crippen molar-refractivity contribution in [3.05, 3.63) is 27.8 Å². The lowest BCUT2D eigenvalue weighted by Crippen LogP contribution is -1.98. The van der Waals surface area contributed by atoms with Crippen LogP contribution in [-0.4, -0.2) is 6.61 Å². The highest BCUT2D eigenvalue weighted by molar-refractivity contribution is 14.1. The molecule has 0 radical (unpaired) electrons. The molecule has 0 aliphatic rings. The van der Waals surface area contributed by atoms with Gasteiger partial charge in [-0.15, -0.1) is 0 Å². The van der Waals surface area contributed by atoms with Crippen LogP contribution in [0.15, 0.2) is 24.3 Å². The SMILES string of the molecule is CCCCCCCCCCCCCCCCCCOc1ccccc1I=O. The molecule has 0 aromatic heterocycles. The van der Waals surface area contributed by atoms with E-state index in [2.05, 4.69) is 6.92 Å². The summed E-state index contributed by atoms with van der Waals surface area (Å²) in [7, 11) is 0. The Morgan fingerprint density at radius 3 is 1.59 bits per heavy atom. The molecule has 0 atom stereocenters. The van der Waals surface area contributed by atoms with E-state index in [0.717, 1.165) is 22.3 Å². The lowest BCUT2D eigenvalue weighted by Gasteiger charge is -2.07. The zero-order valence-corrected chi connectivity index (χ0v) is 19.7. The molecule has 1 rings (SSSR count).